The van der Waals surface area contributed by atoms with Crippen LogP contribution in [0.3, 0.4) is 0 Å². The van der Waals surface area contributed by atoms with Crippen LogP contribution in [-0.2, 0) is 0 Å². The summed E-state index contributed by atoms with van der Waals surface area (Å²) in [5.41, 5.74) is 8.83. The molecule has 0 aromatic heterocycles. The van der Waals surface area contributed by atoms with E-state index >= 15 is 0 Å². The highest BCUT2D eigenvalue weighted by molar-refractivity contribution is 6.49. The summed E-state index contributed by atoms with van der Waals surface area (Å²) in [6, 6.07) is 12.8. The molecule has 2 heteroatoms. The first-order chi connectivity index (χ1) is 15.9. The molecule has 0 aliphatic carbocycles. The molecule has 176 valence electrons. The number of aliphatic imine (C=N–C) groups is 2. The number of hydrogen-bond acceptors (Lipinski definition) is 2. The molecule has 0 N–H and O–H groups in total. The number of aryl methyl sites for hydroxylation is 4. The fourth-order valence-electron chi connectivity index (χ4n) is 3.57. The van der Waals surface area contributed by atoms with Crippen molar-refractivity contribution in [3.8, 4) is 11.8 Å². The molecule has 2 nitrogen and oxygen atoms in total. The van der Waals surface area contributed by atoms with Crippen LogP contribution >= 0.6 is 0 Å². The average molecular weight is 443 g/mol. The monoisotopic (exact) mass is 442 g/mol. The molecular formula is C31H42N2. The SMILES string of the molecule is CCCCCCCC#CC(=Nc1ccc(C)c(C)c1)C(CCCC)=Nc1ccc(C)c(C)c1. The van der Waals surface area contributed by atoms with Gasteiger partial charge in [-0.3, -0.25) is 4.99 Å². The van der Waals surface area contributed by atoms with Gasteiger partial charge in [-0.2, -0.15) is 0 Å². The summed E-state index contributed by atoms with van der Waals surface area (Å²) in [6.07, 6.45) is 10.3. The highest BCUT2D eigenvalue weighted by Crippen LogP contribution is 2.21. The molecule has 0 fully saturated rings. The van der Waals surface area contributed by atoms with Crippen molar-refractivity contribution in [2.24, 2.45) is 9.98 Å². The molecule has 0 radical (unpaired) electrons. The number of benzene rings is 2. The molecule has 0 saturated carbocycles. The Hall–Kier alpha value is -2.66. The molecular weight excluding hydrogens is 400 g/mol. The zero-order valence-corrected chi connectivity index (χ0v) is 21.7. The molecule has 2 aromatic rings. The molecule has 0 aliphatic heterocycles. The standard InChI is InChI=1S/C31H42N2/c1-7-9-11-12-13-14-15-17-31(33-29-21-19-25(4)27(6)23-29)30(16-10-8-2)32-28-20-18-24(3)26(5)22-28/h18-23H,7-14,16H2,1-6H3. The van der Waals surface area contributed by atoms with E-state index in [9.17, 15) is 0 Å². The van der Waals surface area contributed by atoms with Crippen LogP contribution in [0.25, 0.3) is 0 Å². The summed E-state index contributed by atoms with van der Waals surface area (Å²) in [4.78, 5) is 10.1. The molecule has 0 atom stereocenters. The van der Waals surface area contributed by atoms with Crippen LogP contribution in [0.5, 0.6) is 0 Å². The minimum Gasteiger partial charge on any atom is -0.251 e. The van der Waals surface area contributed by atoms with Gasteiger partial charge in [-0.25, -0.2) is 4.99 Å². The molecule has 0 spiro atoms. The molecule has 0 saturated heterocycles. The van der Waals surface area contributed by atoms with Crippen molar-refractivity contribution in [2.75, 3.05) is 0 Å². The van der Waals surface area contributed by atoms with Crippen molar-refractivity contribution in [2.45, 2.75) is 99.3 Å². The first kappa shape index (κ1) is 26.6. The Bertz CT molecular complexity index is 1010. The van der Waals surface area contributed by atoms with Crippen LogP contribution in [0.2, 0.25) is 0 Å². The second kappa shape index (κ2) is 14.5. The summed E-state index contributed by atoms with van der Waals surface area (Å²) in [5, 5.41) is 0. The Kier molecular flexibility index (Phi) is 11.7. The van der Waals surface area contributed by atoms with E-state index in [0.717, 1.165) is 54.9 Å². The van der Waals surface area contributed by atoms with Crippen LogP contribution in [-0.4, -0.2) is 11.4 Å². The van der Waals surface area contributed by atoms with Crippen LogP contribution in [0.1, 0.15) is 93.9 Å². The molecule has 2 aromatic carbocycles. The zero-order valence-electron chi connectivity index (χ0n) is 21.7. The van der Waals surface area contributed by atoms with Crippen molar-refractivity contribution in [1.82, 2.24) is 0 Å². The Morgan fingerprint density at radius 3 is 1.82 bits per heavy atom. The Morgan fingerprint density at radius 2 is 1.24 bits per heavy atom. The quantitative estimate of drug-likeness (QED) is 0.188. The zero-order chi connectivity index (χ0) is 24.1. The van der Waals surface area contributed by atoms with Crippen LogP contribution in [0, 0.1) is 39.5 Å². The number of rotatable bonds is 11. The number of nitrogens with zero attached hydrogens (tertiary/aromatic N) is 2. The van der Waals surface area contributed by atoms with E-state index < -0.39 is 0 Å². The molecule has 0 bridgehead atoms. The lowest BCUT2D eigenvalue weighted by Gasteiger charge is -2.08. The van der Waals surface area contributed by atoms with Crippen molar-refractivity contribution < 1.29 is 0 Å². The van der Waals surface area contributed by atoms with Crippen molar-refractivity contribution in [3.05, 3.63) is 58.7 Å². The number of unbranched alkanes of at least 4 members (excludes halogenated alkanes) is 6. The third-order valence-electron chi connectivity index (χ3n) is 6.14. The van der Waals surface area contributed by atoms with Gasteiger partial charge in [0.05, 0.1) is 17.1 Å². The normalized spacial score (nSPS) is 11.9. The third-order valence-corrected chi connectivity index (χ3v) is 6.14. The molecule has 0 unspecified atom stereocenters. The second-order valence-corrected chi connectivity index (χ2v) is 9.13. The molecule has 0 aliphatic rings. The first-order valence-electron chi connectivity index (χ1n) is 12.7. The van der Waals surface area contributed by atoms with Crippen molar-refractivity contribution in [3.63, 3.8) is 0 Å². The topological polar surface area (TPSA) is 24.7 Å². The highest BCUT2D eigenvalue weighted by atomic mass is 14.8. The van der Waals surface area contributed by atoms with E-state index in [1.807, 2.05) is 0 Å². The van der Waals surface area contributed by atoms with Gasteiger partial charge in [-0.15, -0.1) is 0 Å². The molecule has 2 rings (SSSR count). The van der Waals surface area contributed by atoms with Gasteiger partial charge in [0.2, 0.25) is 0 Å². The van der Waals surface area contributed by atoms with E-state index in [1.54, 1.807) is 0 Å². The third kappa shape index (κ3) is 9.39. The molecule has 0 amide bonds. The maximum atomic E-state index is 5.06. The Morgan fingerprint density at radius 1 is 0.667 bits per heavy atom. The van der Waals surface area contributed by atoms with E-state index in [2.05, 4.69) is 89.8 Å². The molecule has 33 heavy (non-hydrogen) atoms. The van der Waals surface area contributed by atoms with Crippen molar-refractivity contribution >= 4 is 22.8 Å². The van der Waals surface area contributed by atoms with E-state index in [-0.39, 0.29) is 0 Å². The van der Waals surface area contributed by atoms with Crippen LogP contribution in [0.15, 0.2) is 46.4 Å². The van der Waals surface area contributed by atoms with Gasteiger partial charge >= 0.3 is 0 Å². The smallest absolute Gasteiger partial charge is 0.135 e. The van der Waals surface area contributed by atoms with Gasteiger partial charge in [-0.1, -0.05) is 64.0 Å². The van der Waals surface area contributed by atoms with Gasteiger partial charge in [0.25, 0.3) is 0 Å². The lowest BCUT2D eigenvalue weighted by Crippen LogP contribution is -2.12. The van der Waals surface area contributed by atoms with E-state index in [0.29, 0.717) is 0 Å². The predicted molar refractivity (Wildman–Crippen MR) is 147 cm³/mol. The van der Waals surface area contributed by atoms with Crippen LogP contribution in [0.4, 0.5) is 11.4 Å². The lowest BCUT2D eigenvalue weighted by molar-refractivity contribution is 0.641. The average Bonchev–Trinajstić information content (AvgIpc) is 2.80. The van der Waals surface area contributed by atoms with Gasteiger partial charge in [0.15, 0.2) is 0 Å². The van der Waals surface area contributed by atoms with E-state index in [1.165, 1.54) is 47.9 Å². The lowest BCUT2D eigenvalue weighted by atomic mass is 10.1. The van der Waals surface area contributed by atoms with Crippen molar-refractivity contribution in [1.29, 1.82) is 0 Å². The summed E-state index contributed by atoms with van der Waals surface area (Å²) < 4.78 is 0. The summed E-state index contributed by atoms with van der Waals surface area (Å²) >= 11 is 0. The first-order valence-corrected chi connectivity index (χ1v) is 12.7. The predicted octanol–water partition coefficient (Wildman–Crippen LogP) is 9.32. The summed E-state index contributed by atoms with van der Waals surface area (Å²) in [7, 11) is 0. The Balaban J connectivity index is 2.41. The van der Waals surface area contributed by atoms with Crippen LogP contribution < -0.4 is 0 Å². The highest BCUT2D eigenvalue weighted by Gasteiger charge is 2.09. The van der Waals surface area contributed by atoms with Gasteiger partial charge < -0.3 is 0 Å². The Labute approximate surface area is 202 Å². The van der Waals surface area contributed by atoms with Gasteiger partial charge in [0.1, 0.15) is 5.71 Å². The maximum Gasteiger partial charge on any atom is 0.135 e. The fourth-order valence-corrected chi connectivity index (χ4v) is 3.57. The second-order valence-electron chi connectivity index (χ2n) is 9.13. The minimum atomic E-state index is 0.818. The summed E-state index contributed by atoms with van der Waals surface area (Å²) in [5.74, 6) is 6.83. The maximum absolute atomic E-state index is 5.06. The van der Waals surface area contributed by atoms with Gasteiger partial charge in [-0.05, 0) is 99.4 Å². The largest absolute Gasteiger partial charge is 0.251 e. The molecule has 0 heterocycles. The summed E-state index contributed by atoms with van der Waals surface area (Å²) in [6.45, 7) is 13.0. The minimum absolute atomic E-state index is 0.818. The van der Waals surface area contributed by atoms with Gasteiger partial charge in [0, 0.05) is 6.42 Å². The number of hydrogen-bond donors (Lipinski definition) is 0. The van der Waals surface area contributed by atoms with E-state index in [4.69, 9.17) is 9.98 Å². The fraction of sp³-hybridized carbons (Fsp3) is 0.484.